The summed E-state index contributed by atoms with van der Waals surface area (Å²) in [6.07, 6.45) is -0.0600. The van der Waals surface area contributed by atoms with E-state index in [2.05, 4.69) is 15.1 Å². The smallest absolute Gasteiger partial charge is 0.259 e. The van der Waals surface area contributed by atoms with Crippen molar-refractivity contribution >= 4 is 6.08 Å². The Morgan fingerprint density at radius 3 is 2.45 bits per heavy atom. The lowest BCUT2D eigenvalue weighted by Gasteiger charge is -2.31. The van der Waals surface area contributed by atoms with Crippen molar-refractivity contribution in [2.75, 3.05) is 0 Å². The number of halogens is 2. The van der Waals surface area contributed by atoms with E-state index in [0.29, 0.717) is 0 Å². The Morgan fingerprint density at radius 2 is 1.84 bits per heavy atom. The van der Waals surface area contributed by atoms with Crippen LogP contribution in [0.15, 0.2) is 58.0 Å². The fraction of sp³-hybridized carbons (Fsp3) is 0.318. The number of aromatic nitrogens is 2. The molecule has 0 radical (unpaired) electrons. The van der Waals surface area contributed by atoms with Gasteiger partial charge in [0.25, 0.3) is 5.72 Å². The van der Waals surface area contributed by atoms with Gasteiger partial charge in [-0.1, -0.05) is 55.4 Å². The lowest BCUT2D eigenvalue weighted by atomic mass is 9.95. The van der Waals surface area contributed by atoms with Crippen LogP contribution in [-0.2, 0) is 28.3 Å². The van der Waals surface area contributed by atoms with E-state index in [-0.39, 0.29) is 36.2 Å². The average molecular weight is 429 g/mol. The van der Waals surface area contributed by atoms with Crippen LogP contribution in [0.25, 0.3) is 0 Å². The van der Waals surface area contributed by atoms with Gasteiger partial charge in [0.2, 0.25) is 17.8 Å². The summed E-state index contributed by atoms with van der Waals surface area (Å²) in [6, 6.07) is 12.7. The number of benzene rings is 2. The molecule has 0 saturated carbocycles. The van der Waals surface area contributed by atoms with Crippen LogP contribution < -0.4 is 0 Å². The molecule has 0 spiro atoms. The second-order valence-corrected chi connectivity index (χ2v) is 7.28. The highest BCUT2D eigenvalue weighted by atomic mass is 19.1. The van der Waals surface area contributed by atoms with Gasteiger partial charge >= 0.3 is 0 Å². The molecule has 0 aliphatic rings. The first-order chi connectivity index (χ1) is 14.8. The fourth-order valence-corrected chi connectivity index (χ4v) is 3.17. The monoisotopic (exact) mass is 429 g/mol. The molecule has 9 heteroatoms. The van der Waals surface area contributed by atoms with Gasteiger partial charge in [0.1, 0.15) is 17.7 Å². The first-order valence-electron chi connectivity index (χ1n) is 9.58. The van der Waals surface area contributed by atoms with Crippen molar-refractivity contribution in [1.82, 2.24) is 10.1 Å². The van der Waals surface area contributed by atoms with Crippen LogP contribution in [0, 0.1) is 17.6 Å². The first-order valence-corrected chi connectivity index (χ1v) is 9.58. The van der Waals surface area contributed by atoms with Crippen molar-refractivity contribution in [3.8, 4) is 0 Å². The zero-order chi connectivity index (χ0) is 22.4. The SMILES string of the molecule is CC(C)[C@H](OCc1ccccc1)C(O)(N=C=O)c1noc(Cc2c(F)cccc2F)n1. The van der Waals surface area contributed by atoms with Crippen LogP contribution in [0.3, 0.4) is 0 Å². The Balaban J connectivity index is 1.89. The number of hydrogen-bond donors (Lipinski definition) is 1. The number of carbonyl (C=O) groups excluding carboxylic acids is 1. The maximum Gasteiger partial charge on any atom is 0.259 e. The number of ether oxygens (including phenoxy) is 1. The second-order valence-electron chi connectivity index (χ2n) is 7.28. The van der Waals surface area contributed by atoms with Gasteiger partial charge in [0.05, 0.1) is 13.0 Å². The minimum absolute atomic E-state index is 0.130. The van der Waals surface area contributed by atoms with Crippen molar-refractivity contribution in [3.05, 3.63) is 83.0 Å². The highest BCUT2D eigenvalue weighted by molar-refractivity contribution is 5.35. The number of isocyanates is 1. The van der Waals surface area contributed by atoms with E-state index in [1.165, 1.54) is 12.1 Å². The minimum Gasteiger partial charge on any atom is -0.368 e. The zero-order valence-corrected chi connectivity index (χ0v) is 17.0. The van der Waals surface area contributed by atoms with E-state index in [9.17, 15) is 18.7 Å². The van der Waals surface area contributed by atoms with Crippen LogP contribution >= 0.6 is 0 Å². The predicted octanol–water partition coefficient (Wildman–Crippen LogP) is 3.66. The third-order valence-electron chi connectivity index (χ3n) is 4.68. The molecule has 2 atom stereocenters. The zero-order valence-electron chi connectivity index (χ0n) is 17.0. The number of rotatable bonds is 9. The Kier molecular flexibility index (Phi) is 7.02. The highest BCUT2D eigenvalue weighted by Gasteiger charge is 2.46. The largest absolute Gasteiger partial charge is 0.368 e. The van der Waals surface area contributed by atoms with Crippen LogP contribution in [-0.4, -0.2) is 27.4 Å². The molecule has 0 fully saturated rings. The van der Waals surface area contributed by atoms with Crippen LogP contribution in [0.5, 0.6) is 0 Å². The maximum atomic E-state index is 13.9. The molecule has 0 aliphatic heterocycles. The van der Waals surface area contributed by atoms with Crippen LogP contribution in [0.4, 0.5) is 8.78 Å². The van der Waals surface area contributed by atoms with Gasteiger partial charge in [-0.15, -0.1) is 0 Å². The predicted molar refractivity (Wildman–Crippen MR) is 105 cm³/mol. The van der Waals surface area contributed by atoms with E-state index in [4.69, 9.17) is 9.26 Å². The van der Waals surface area contributed by atoms with E-state index < -0.39 is 23.5 Å². The van der Waals surface area contributed by atoms with Gasteiger partial charge < -0.3 is 14.4 Å². The standard InChI is InChI=1S/C22H21F2N3O4/c1-14(2)20(30-12-15-7-4-3-5-8-15)22(29,25-13-28)21-26-19(31-27-21)11-16-17(23)9-6-10-18(16)24/h3-10,14,20,29H,11-12H2,1-2H3/t20-,22?/m0/s1. The van der Waals surface area contributed by atoms with Crippen molar-refractivity contribution in [3.63, 3.8) is 0 Å². The van der Waals surface area contributed by atoms with Crippen molar-refractivity contribution in [2.24, 2.45) is 10.9 Å². The van der Waals surface area contributed by atoms with E-state index >= 15 is 0 Å². The third kappa shape index (κ3) is 5.08. The molecule has 1 N–H and O–H groups in total. The average Bonchev–Trinajstić information content (AvgIpc) is 3.21. The number of aliphatic hydroxyl groups is 1. The Bertz CT molecular complexity index is 1050. The first kappa shape index (κ1) is 22.4. The summed E-state index contributed by atoms with van der Waals surface area (Å²) in [5, 5.41) is 14.9. The topological polar surface area (TPSA) is 97.8 Å². The molecule has 1 unspecified atom stereocenters. The molecule has 3 rings (SSSR count). The summed E-state index contributed by atoms with van der Waals surface area (Å²) in [7, 11) is 0. The Hall–Kier alpha value is -3.26. The lowest BCUT2D eigenvalue weighted by Crippen LogP contribution is -2.44. The summed E-state index contributed by atoms with van der Waals surface area (Å²) in [5.41, 5.74) is -1.73. The molecule has 1 aromatic heterocycles. The summed E-state index contributed by atoms with van der Waals surface area (Å²) < 4.78 is 38.8. The fourth-order valence-electron chi connectivity index (χ4n) is 3.17. The summed E-state index contributed by atoms with van der Waals surface area (Å²) in [6.45, 7) is 3.65. The molecule has 2 aromatic carbocycles. The Labute approximate surface area is 177 Å². The molecule has 31 heavy (non-hydrogen) atoms. The lowest BCUT2D eigenvalue weighted by molar-refractivity contribution is -0.140. The quantitative estimate of drug-likeness (QED) is 0.412. The molecular weight excluding hydrogens is 408 g/mol. The molecule has 7 nitrogen and oxygen atoms in total. The van der Waals surface area contributed by atoms with E-state index in [1.807, 2.05) is 30.3 Å². The molecule has 1 heterocycles. The highest BCUT2D eigenvalue weighted by Crippen LogP contribution is 2.32. The van der Waals surface area contributed by atoms with Gasteiger partial charge in [-0.05, 0) is 23.6 Å². The molecule has 0 aliphatic carbocycles. The van der Waals surface area contributed by atoms with Crippen LogP contribution in [0.2, 0.25) is 0 Å². The number of hydrogen-bond acceptors (Lipinski definition) is 7. The van der Waals surface area contributed by atoms with Crippen LogP contribution in [0.1, 0.15) is 36.7 Å². The summed E-state index contributed by atoms with van der Waals surface area (Å²) in [5.74, 6) is -2.39. The second kappa shape index (κ2) is 9.70. The summed E-state index contributed by atoms with van der Waals surface area (Å²) >= 11 is 0. The van der Waals surface area contributed by atoms with Gasteiger partial charge in [0.15, 0.2) is 0 Å². The molecular formula is C22H21F2N3O4. The molecule has 0 bridgehead atoms. The van der Waals surface area contributed by atoms with Crippen molar-refractivity contribution < 1.29 is 27.9 Å². The van der Waals surface area contributed by atoms with Gasteiger partial charge in [-0.3, -0.25) is 0 Å². The number of aliphatic imine (C=N–C) groups is 1. The molecule has 0 amide bonds. The maximum absolute atomic E-state index is 13.9. The van der Waals surface area contributed by atoms with E-state index in [0.717, 1.165) is 17.7 Å². The van der Waals surface area contributed by atoms with Crippen molar-refractivity contribution in [2.45, 2.75) is 38.7 Å². The van der Waals surface area contributed by atoms with Gasteiger partial charge in [-0.2, -0.15) is 9.98 Å². The molecule has 0 saturated heterocycles. The minimum atomic E-state index is -2.31. The third-order valence-corrected chi connectivity index (χ3v) is 4.68. The number of nitrogens with zero attached hydrogens (tertiary/aromatic N) is 3. The van der Waals surface area contributed by atoms with E-state index in [1.54, 1.807) is 13.8 Å². The van der Waals surface area contributed by atoms with Crippen molar-refractivity contribution in [1.29, 1.82) is 0 Å². The molecule has 162 valence electrons. The van der Waals surface area contributed by atoms with Gasteiger partial charge in [-0.25, -0.2) is 13.6 Å². The van der Waals surface area contributed by atoms with Gasteiger partial charge in [0, 0.05) is 5.56 Å². The Morgan fingerprint density at radius 1 is 1.16 bits per heavy atom. The normalized spacial score (nSPS) is 14.1. The molecule has 3 aromatic rings. The summed E-state index contributed by atoms with van der Waals surface area (Å²) in [4.78, 5) is 18.6.